The number of fused-ring (bicyclic) bond motifs is 1. The van der Waals surface area contributed by atoms with Crippen molar-refractivity contribution in [1.82, 2.24) is 0 Å². The molecule has 1 aliphatic heterocycles. The fraction of sp³-hybridized carbons (Fsp3) is 0.0476. The van der Waals surface area contributed by atoms with Gasteiger partial charge in [0, 0.05) is 26.0 Å². The SMILES string of the molecule is Cc1ccc(C2=C(Br)c3ccccc3P2(=O)c2ccccc2)cc1. The first kappa shape index (κ1) is 15.6. The molecular weight excluding hydrogens is 379 g/mol. The summed E-state index contributed by atoms with van der Waals surface area (Å²) in [4.78, 5) is 0. The fourth-order valence-electron chi connectivity index (χ4n) is 3.25. The van der Waals surface area contributed by atoms with E-state index in [0.29, 0.717) is 0 Å². The van der Waals surface area contributed by atoms with E-state index in [4.69, 9.17) is 0 Å². The molecule has 0 aliphatic carbocycles. The van der Waals surface area contributed by atoms with Gasteiger partial charge in [-0.3, -0.25) is 0 Å². The van der Waals surface area contributed by atoms with Gasteiger partial charge in [-0.25, -0.2) is 0 Å². The van der Waals surface area contributed by atoms with Crippen LogP contribution in [0.3, 0.4) is 0 Å². The Kier molecular flexibility index (Phi) is 3.83. The number of aryl methyl sites for hydroxylation is 1. The quantitative estimate of drug-likeness (QED) is 0.521. The van der Waals surface area contributed by atoms with Crippen LogP contribution >= 0.6 is 23.1 Å². The van der Waals surface area contributed by atoms with Crippen LogP contribution in [0.4, 0.5) is 0 Å². The normalized spacial score (nSPS) is 19.4. The Morgan fingerprint density at radius 1 is 0.792 bits per heavy atom. The molecule has 3 heteroatoms. The van der Waals surface area contributed by atoms with Crippen LogP contribution in [0.15, 0.2) is 78.9 Å². The summed E-state index contributed by atoms with van der Waals surface area (Å²) in [5.74, 6) is 0. The van der Waals surface area contributed by atoms with Gasteiger partial charge in [0.15, 0.2) is 7.14 Å². The second-order valence-electron chi connectivity index (χ2n) is 5.99. The van der Waals surface area contributed by atoms with Crippen LogP contribution < -0.4 is 10.6 Å². The van der Waals surface area contributed by atoms with Crippen molar-refractivity contribution < 1.29 is 4.57 Å². The van der Waals surface area contributed by atoms with Gasteiger partial charge >= 0.3 is 0 Å². The largest absolute Gasteiger partial charge is 0.309 e. The molecule has 1 heterocycles. The fourth-order valence-corrected chi connectivity index (χ4v) is 7.82. The lowest BCUT2D eigenvalue weighted by Gasteiger charge is -2.19. The zero-order valence-corrected chi connectivity index (χ0v) is 15.7. The molecule has 24 heavy (non-hydrogen) atoms. The Morgan fingerprint density at radius 3 is 2.12 bits per heavy atom. The molecule has 3 aromatic rings. The van der Waals surface area contributed by atoms with Crippen molar-refractivity contribution in [2.24, 2.45) is 0 Å². The number of hydrogen-bond donors (Lipinski definition) is 0. The molecule has 1 atom stereocenters. The van der Waals surface area contributed by atoms with E-state index in [1.165, 1.54) is 5.56 Å². The zero-order valence-electron chi connectivity index (χ0n) is 13.2. The summed E-state index contributed by atoms with van der Waals surface area (Å²) < 4.78 is 15.3. The van der Waals surface area contributed by atoms with Gasteiger partial charge in [0.25, 0.3) is 0 Å². The van der Waals surface area contributed by atoms with Crippen molar-refractivity contribution in [3.05, 3.63) is 95.6 Å². The van der Waals surface area contributed by atoms with Crippen LogP contribution in [0.25, 0.3) is 9.80 Å². The topological polar surface area (TPSA) is 17.1 Å². The van der Waals surface area contributed by atoms with Crippen molar-refractivity contribution in [3.8, 4) is 0 Å². The molecule has 0 saturated carbocycles. The van der Waals surface area contributed by atoms with E-state index in [1.54, 1.807) is 0 Å². The summed E-state index contributed by atoms with van der Waals surface area (Å²) in [6.07, 6.45) is 0. The number of hydrogen-bond acceptors (Lipinski definition) is 1. The summed E-state index contributed by atoms with van der Waals surface area (Å²) >= 11 is 3.74. The van der Waals surface area contributed by atoms with Gasteiger partial charge in [-0.15, -0.1) is 0 Å². The van der Waals surface area contributed by atoms with Crippen LogP contribution in [0.5, 0.6) is 0 Å². The van der Waals surface area contributed by atoms with Gasteiger partial charge in [-0.1, -0.05) is 84.4 Å². The molecule has 0 amide bonds. The van der Waals surface area contributed by atoms with Gasteiger partial charge in [-0.05, 0) is 28.4 Å². The van der Waals surface area contributed by atoms with Gasteiger partial charge < -0.3 is 4.57 Å². The summed E-state index contributed by atoms with van der Waals surface area (Å²) in [6.45, 7) is 2.06. The maximum atomic E-state index is 14.4. The first-order valence-corrected chi connectivity index (χ1v) is 10.4. The molecule has 3 aromatic carbocycles. The molecule has 1 aliphatic rings. The molecule has 0 N–H and O–H groups in total. The summed E-state index contributed by atoms with van der Waals surface area (Å²) in [5.41, 5.74) is 3.23. The highest BCUT2D eigenvalue weighted by Gasteiger charge is 2.42. The lowest BCUT2D eigenvalue weighted by molar-refractivity contribution is 0.593. The van der Waals surface area contributed by atoms with Gasteiger partial charge in [0.2, 0.25) is 0 Å². The highest BCUT2D eigenvalue weighted by atomic mass is 79.9. The molecule has 4 rings (SSSR count). The molecule has 1 unspecified atom stereocenters. The van der Waals surface area contributed by atoms with Gasteiger partial charge in [0.05, 0.1) is 0 Å². The molecule has 0 aromatic heterocycles. The predicted octanol–water partition coefficient (Wildman–Crippen LogP) is 5.54. The minimum absolute atomic E-state index is 0.877. The minimum Gasteiger partial charge on any atom is -0.309 e. The van der Waals surface area contributed by atoms with Crippen LogP contribution in [0.1, 0.15) is 16.7 Å². The smallest absolute Gasteiger partial charge is 0.173 e. The van der Waals surface area contributed by atoms with E-state index in [1.807, 2.05) is 54.6 Å². The van der Waals surface area contributed by atoms with Crippen molar-refractivity contribution in [1.29, 1.82) is 0 Å². The van der Waals surface area contributed by atoms with E-state index in [9.17, 15) is 4.57 Å². The highest BCUT2D eigenvalue weighted by molar-refractivity contribution is 9.15. The third-order valence-corrected chi connectivity index (χ3v) is 8.78. The van der Waals surface area contributed by atoms with E-state index in [0.717, 1.165) is 31.5 Å². The van der Waals surface area contributed by atoms with E-state index >= 15 is 0 Å². The van der Waals surface area contributed by atoms with Crippen molar-refractivity contribution in [2.45, 2.75) is 6.92 Å². The van der Waals surface area contributed by atoms with E-state index < -0.39 is 7.14 Å². The summed E-state index contributed by atoms with van der Waals surface area (Å²) in [7, 11) is -2.88. The molecule has 0 saturated heterocycles. The van der Waals surface area contributed by atoms with Crippen LogP contribution in [0, 0.1) is 6.92 Å². The first-order chi connectivity index (χ1) is 11.6. The van der Waals surface area contributed by atoms with Gasteiger partial charge in [-0.2, -0.15) is 0 Å². The third kappa shape index (κ3) is 2.25. The second kappa shape index (κ2) is 5.88. The summed E-state index contributed by atoms with van der Waals surface area (Å²) in [5, 5.41) is 2.69. The molecular formula is C21H16BrOP. The van der Waals surface area contributed by atoms with Crippen LogP contribution in [0.2, 0.25) is 0 Å². The Hall–Kier alpha value is -1.89. The maximum absolute atomic E-state index is 14.4. The first-order valence-electron chi connectivity index (χ1n) is 7.85. The summed E-state index contributed by atoms with van der Waals surface area (Å²) in [6, 6.07) is 26.1. The Labute approximate surface area is 150 Å². The Balaban J connectivity index is 2.05. The number of benzene rings is 3. The lowest BCUT2D eigenvalue weighted by Crippen LogP contribution is -2.15. The van der Waals surface area contributed by atoms with Gasteiger partial charge in [0.1, 0.15) is 0 Å². The maximum Gasteiger partial charge on any atom is 0.173 e. The average Bonchev–Trinajstić information content (AvgIpc) is 2.86. The molecule has 1 nitrogen and oxygen atoms in total. The molecule has 0 fully saturated rings. The Bertz CT molecular complexity index is 988. The molecule has 0 bridgehead atoms. The third-order valence-electron chi connectivity index (χ3n) is 4.45. The minimum atomic E-state index is -2.88. The number of halogens is 1. The van der Waals surface area contributed by atoms with E-state index in [-0.39, 0.29) is 0 Å². The van der Waals surface area contributed by atoms with Crippen molar-refractivity contribution in [2.75, 3.05) is 0 Å². The second-order valence-corrected chi connectivity index (χ2v) is 9.45. The number of rotatable bonds is 2. The van der Waals surface area contributed by atoms with Crippen molar-refractivity contribution in [3.63, 3.8) is 0 Å². The van der Waals surface area contributed by atoms with Crippen LogP contribution in [-0.4, -0.2) is 0 Å². The molecule has 0 radical (unpaired) electrons. The predicted molar refractivity (Wildman–Crippen MR) is 107 cm³/mol. The zero-order chi connectivity index (χ0) is 16.7. The van der Waals surface area contributed by atoms with Crippen LogP contribution in [-0.2, 0) is 4.57 Å². The monoisotopic (exact) mass is 394 g/mol. The Morgan fingerprint density at radius 2 is 1.42 bits per heavy atom. The molecule has 0 spiro atoms. The van der Waals surface area contributed by atoms with E-state index in [2.05, 4.69) is 47.1 Å². The lowest BCUT2D eigenvalue weighted by atomic mass is 10.1. The molecule has 118 valence electrons. The van der Waals surface area contributed by atoms with Crippen molar-refractivity contribution >= 4 is 43.5 Å². The standard InChI is InChI=1S/C21H16BrOP/c1-15-11-13-16(14-12-15)21-20(22)18-9-5-6-10-19(18)24(21,23)17-7-3-2-4-8-17/h2-14H,1H3. The average molecular weight is 395 g/mol. The highest BCUT2D eigenvalue weighted by Crippen LogP contribution is 2.65.